The van der Waals surface area contributed by atoms with Crippen molar-refractivity contribution >= 4 is 67.0 Å². The van der Waals surface area contributed by atoms with Gasteiger partial charge >= 0.3 is 18.3 Å². The molecule has 10 aromatic carbocycles. The minimum Gasteiger partial charge on any atom is -0.507 e. The Morgan fingerprint density at radius 3 is 1.47 bits per heavy atom. The Morgan fingerprint density at radius 1 is 0.592 bits per heavy atom. The van der Waals surface area contributed by atoms with Crippen LogP contribution >= 0.6 is 0 Å². The van der Waals surface area contributed by atoms with Crippen LogP contribution in [-0.2, 0) is 35.7 Å². The van der Waals surface area contributed by atoms with Gasteiger partial charge in [0.05, 0.1) is 48.0 Å². The van der Waals surface area contributed by atoms with Gasteiger partial charge in [-0.05, 0) is 174 Å². The Labute approximate surface area is 688 Å². The summed E-state index contributed by atoms with van der Waals surface area (Å²) in [7, 11) is -2.30. The number of hydrogen-bond acceptors (Lipinski definition) is 19. The number of aromatic nitrogens is 4. The number of benzene rings is 10. The summed E-state index contributed by atoms with van der Waals surface area (Å²) in [4.78, 5) is 77.9. The molecule has 21 nitrogen and oxygen atoms in total. The molecule has 0 aliphatic rings. The molecule has 0 bridgehead atoms. The molecule has 120 heavy (non-hydrogen) atoms. The second-order valence-electron chi connectivity index (χ2n) is 29.3. The topological polar surface area (TPSA) is 300 Å². The predicted octanol–water partition coefficient (Wildman–Crippen LogP) is 20.0. The molecule has 2 amide bonds. The van der Waals surface area contributed by atoms with Crippen molar-refractivity contribution in [3.05, 3.63) is 355 Å². The number of methoxy groups -OCH3 is 1. The van der Waals surface area contributed by atoms with E-state index < -0.39 is 97.2 Å². The number of amides is 2. The van der Waals surface area contributed by atoms with E-state index in [1.54, 1.807) is 84.4 Å². The number of imidazole rings is 1. The average Bonchev–Trinajstić information content (AvgIpc) is 1.40. The van der Waals surface area contributed by atoms with E-state index in [2.05, 4.69) is 21.0 Å². The van der Waals surface area contributed by atoms with Gasteiger partial charge in [0.25, 0.3) is 10.1 Å². The van der Waals surface area contributed by atoms with Gasteiger partial charge in [0.15, 0.2) is 22.8 Å². The number of imide groups is 1. The van der Waals surface area contributed by atoms with E-state index >= 15 is 4.39 Å². The molecule has 4 aromatic heterocycles. The number of fused-ring (bicyclic) bond motifs is 3. The lowest BCUT2D eigenvalue weighted by Crippen LogP contribution is -2.44. The SMILES string of the molecule is CC(C)(C)OC(=O)N(C(=O)OC(C)(C)C)c1nc(F)nc2c1ncn2C(c1ccccc1)(c1ccccc1)c1ccccc1.CC(N)c1oc2cccc(F)c2c(=O)c1-c1cccc(F)c1.CC(OS(C)(=O)=O)c1oc2cccc(F)c2c(=O)c1-c1cccc(F)c1.COc1cccc(C)c1C#N.Cc1cccc(O)c1C(=O)Cc1ccccc1. The molecule has 616 valence electrons. The zero-order chi connectivity index (χ0) is 87.1. The first-order valence-electron chi connectivity index (χ1n) is 37.3. The second-order valence-corrected chi connectivity index (χ2v) is 30.9. The zero-order valence-corrected chi connectivity index (χ0v) is 68.2. The third-order valence-electron chi connectivity index (χ3n) is 18.1. The number of hydrogen-bond donors (Lipinski definition) is 2. The number of phenols is 1. The van der Waals surface area contributed by atoms with Gasteiger partial charge in [-0.3, -0.25) is 23.1 Å². The van der Waals surface area contributed by atoms with Gasteiger partial charge in [-0.15, -0.1) is 0 Å². The molecule has 3 N–H and O–H groups in total. The van der Waals surface area contributed by atoms with Crippen LogP contribution in [0.3, 0.4) is 0 Å². The number of ether oxygens (including phenoxy) is 3. The molecule has 0 radical (unpaired) electrons. The fraction of sp³-hybridized carbons (Fsp3) is 0.194. The lowest BCUT2D eigenvalue weighted by Gasteiger charge is -2.37. The Morgan fingerprint density at radius 2 is 1.03 bits per heavy atom. The summed E-state index contributed by atoms with van der Waals surface area (Å²) >= 11 is 0. The Hall–Kier alpha value is -13.8. The van der Waals surface area contributed by atoms with Crippen molar-refractivity contribution < 1.29 is 77.1 Å². The summed E-state index contributed by atoms with van der Waals surface area (Å²) in [6.07, 6.45) is -1.86. The number of halogens is 5. The van der Waals surface area contributed by atoms with Crippen molar-refractivity contribution in [2.24, 2.45) is 5.73 Å². The lowest BCUT2D eigenvalue weighted by molar-refractivity contribution is 0.0428. The maximum absolute atomic E-state index is 15.5. The maximum Gasteiger partial charge on any atom is 0.425 e. The zero-order valence-electron chi connectivity index (χ0n) is 67.3. The molecule has 4 heterocycles. The van der Waals surface area contributed by atoms with Crippen molar-refractivity contribution in [3.8, 4) is 39.8 Å². The molecule has 0 aliphatic carbocycles. The highest BCUT2D eigenvalue weighted by atomic mass is 32.2. The van der Waals surface area contributed by atoms with Gasteiger partial charge in [0.2, 0.25) is 10.9 Å². The van der Waals surface area contributed by atoms with Crippen LogP contribution in [0.1, 0.15) is 128 Å². The quantitative estimate of drug-likeness (QED) is 0.0317. The molecule has 2 unspecified atom stereocenters. The van der Waals surface area contributed by atoms with E-state index in [1.807, 2.05) is 153 Å². The normalized spacial score (nSPS) is 11.8. The van der Waals surface area contributed by atoms with E-state index in [1.165, 1.54) is 80.0 Å². The number of rotatable bonds is 15. The number of nitrogens with two attached hydrogens (primary N) is 1. The van der Waals surface area contributed by atoms with Crippen LogP contribution in [0.25, 0.3) is 55.4 Å². The standard InChI is InChI=1S/C34H34FN5O4.C18H14F2O5S.C17H13F2NO2.C15H14O2.C9H9NO/c1-32(2,3)43-30(41)40(31(42)44-33(4,5)6)28-26-27(37-29(35)38-28)39(22-36-26)34(23-16-10-7-11-17-23,24-18-12-8-13-19-24)25-20-14-9-15-21-25;1-10(25-26(2,22)23)18-15(11-5-3-6-12(19)9-11)17(21)16-13(20)7-4-8-14(16)24-18;1-9(20)17-14(10-4-2-5-11(18)8-10)16(21)15-12(19)6-3-7-13(15)22-17;1-11-6-5-9-13(16)15(11)14(17)10-12-7-3-2-4-8-12;1-7-4-3-5-9(11-2)8(7)6-10/h7-22H,1-6H3;3-10H,1-2H3;2-9H,20H2,1H3;2-9,16H,10H2,1H3;3-5H,1-2H3. The van der Waals surface area contributed by atoms with Crippen molar-refractivity contribution in [3.63, 3.8) is 0 Å². The first-order chi connectivity index (χ1) is 56.9. The van der Waals surface area contributed by atoms with E-state index in [0.717, 1.165) is 51.8 Å². The number of ketones is 1. The number of anilines is 1. The summed E-state index contributed by atoms with van der Waals surface area (Å²) in [6.45, 7) is 16.6. The van der Waals surface area contributed by atoms with Gasteiger partial charge in [0, 0.05) is 6.42 Å². The van der Waals surface area contributed by atoms with Crippen LogP contribution in [0.4, 0.5) is 37.4 Å². The lowest BCUT2D eigenvalue weighted by atomic mass is 9.76. The highest BCUT2D eigenvalue weighted by molar-refractivity contribution is 7.86. The highest BCUT2D eigenvalue weighted by Crippen LogP contribution is 2.44. The first-order valence-corrected chi connectivity index (χ1v) is 39.2. The maximum atomic E-state index is 15.5. The largest absolute Gasteiger partial charge is 0.507 e. The Kier molecular flexibility index (Phi) is 28.1. The third kappa shape index (κ3) is 20.9. The van der Waals surface area contributed by atoms with Gasteiger partial charge in [-0.2, -0.15) is 32.9 Å². The Bertz CT molecular complexity index is 6210. The highest BCUT2D eigenvalue weighted by Gasteiger charge is 2.43. The minimum atomic E-state index is -3.86. The number of nitrogens with zero attached hydrogens (tertiary/aromatic N) is 6. The average molecular weight is 1650 g/mol. The molecular formula is C93H84F5N7O14S. The van der Waals surface area contributed by atoms with Crippen molar-refractivity contribution in [2.45, 2.75) is 105 Å². The fourth-order valence-electron chi connectivity index (χ4n) is 13.1. The minimum absolute atomic E-state index is 0.00436. The molecule has 14 aromatic rings. The number of carbonyl (C=O) groups excluding carboxylic acids is 3. The molecule has 14 rings (SSSR count). The Balaban J connectivity index is 0.000000170. The molecular weight excluding hydrogens is 1570 g/mol. The van der Waals surface area contributed by atoms with Crippen LogP contribution in [0, 0.1) is 54.5 Å². The van der Waals surface area contributed by atoms with Crippen LogP contribution < -0.4 is 26.2 Å². The molecule has 0 aliphatic heterocycles. The number of Topliss-reactive ketones (excluding diaryl/α,β-unsaturated/α-hetero) is 1. The number of aryl methyl sites for hydroxylation is 2. The van der Waals surface area contributed by atoms with Crippen LogP contribution in [0.5, 0.6) is 11.5 Å². The third-order valence-corrected chi connectivity index (χ3v) is 18.7. The first kappa shape index (κ1) is 88.6. The molecule has 2 atom stereocenters. The molecule has 0 saturated heterocycles. The number of nitriles is 1. The number of carbonyl (C=O) groups is 3. The molecule has 0 saturated carbocycles. The summed E-state index contributed by atoms with van der Waals surface area (Å²) < 4.78 is 128. The van der Waals surface area contributed by atoms with Crippen molar-refractivity contribution in [1.82, 2.24) is 19.5 Å². The summed E-state index contributed by atoms with van der Waals surface area (Å²) in [5, 5.41) is 18.0. The monoisotopic (exact) mass is 1650 g/mol. The van der Waals surface area contributed by atoms with Crippen LogP contribution in [0.2, 0.25) is 0 Å². The van der Waals surface area contributed by atoms with Gasteiger partial charge < -0.3 is 33.9 Å². The van der Waals surface area contributed by atoms with E-state index in [-0.39, 0.29) is 72.8 Å². The van der Waals surface area contributed by atoms with Crippen molar-refractivity contribution in [1.29, 1.82) is 5.26 Å². The van der Waals surface area contributed by atoms with Crippen LogP contribution in [0.15, 0.2) is 267 Å². The number of phenolic OH excluding ortho intramolecular Hbond substituents is 1. The van der Waals surface area contributed by atoms with E-state index in [4.69, 9.17) is 38.2 Å². The predicted molar refractivity (Wildman–Crippen MR) is 447 cm³/mol. The molecule has 0 fully saturated rings. The smallest absolute Gasteiger partial charge is 0.425 e. The molecule has 0 spiro atoms. The number of aromatic hydroxyl groups is 1. The second kappa shape index (κ2) is 38.1. The summed E-state index contributed by atoms with van der Waals surface area (Å²) in [5.74, 6) is -2.27. The van der Waals surface area contributed by atoms with Crippen molar-refractivity contribution in [2.75, 3.05) is 18.3 Å². The van der Waals surface area contributed by atoms with Crippen LogP contribution in [-0.4, -0.2) is 75.6 Å². The molecule has 27 heteroatoms. The van der Waals surface area contributed by atoms with Gasteiger partial charge in [-0.25, -0.2) is 32.1 Å². The van der Waals surface area contributed by atoms with E-state index in [9.17, 15) is 55.1 Å². The van der Waals surface area contributed by atoms with Gasteiger partial charge in [-0.1, -0.05) is 182 Å². The fourth-order valence-corrected chi connectivity index (χ4v) is 13.7. The van der Waals surface area contributed by atoms with E-state index in [0.29, 0.717) is 33.8 Å². The summed E-state index contributed by atoms with van der Waals surface area (Å²) in [5.41, 5.74) is 8.27. The van der Waals surface area contributed by atoms with Gasteiger partial charge in [0.1, 0.15) is 97.1 Å². The summed E-state index contributed by atoms with van der Waals surface area (Å²) in [6, 6.07) is 69.3.